The highest BCUT2D eigenvalue weighted by molar-refractivity contribution is 7.98. The number of aryl methyl sites for hydroxylation is 1. The molecule has 0 atom stereocenters. The first-order valence-corrected chi connectivity index (χ1v) is 14.1. The minimum Gasteiger partial charge on any atom is -0.494 e. The van der Waals surface area contributed by atoms with Gasteiger partial charge in [-0.25, -0.2) is 0 Å². The van der Waals surface area contributed by atoms with Crippen LogP contribution in [0.1, 0.15) is 58.6 Å². The van der Waals surface area contributed by atoms with Gasteiger partial charge in [-0.1, -0.05) is 30.3 Å². The maximum atomic E-state index is 13.2. The topological polar surface area (TPSA) is 71.5 Å². The van der Waals surface area contributed by atoms with Crippen LogP contribution in [0.3, 0.4) is 0 Å². The molecule has 2 amide bonds. The number of amides is 2. The summed E-state index contributed by atoms with van der Waals surface area (Å²) in [4.78, 5) is 34.1. The lowest BCUT2D eigenvalue weighted by molar-refractivity contribution is -0.131. The summed E-state index contributed by atoms with van der Waals surface area (Å²) in [7, 11) is 0. The van der Waals surface area contributed by atoms with Crippen LogP contribution >= 0.6 is 11.8 Å². The molecule has 1 saturated heterocycles. The zero-order valence-corrected chi connectivity index (χ0v) is 22.6. The molecule has 1 aliphatic rings. The number of para-hydroxylation sites is 1. The molecule has 194 valence electrons. The standard InChI is InChI=1S/C30H35N3O3S/c1-4-36-27-8-6-5-7-24(27)20-31-30(35)26-14-9-21(2)32-29(26)23-15-17-33(18-16-23)28(34)19-22-10-12-25(37-3)13-11-22/h5-14,23H,4,15-20H2,1-3H3,(H,31,35). The number of likely N-dealkylation sites (tertiary alicyclic amines) is 1. The number of hydrogen-bond donors (Lipinski definition) is 1. The van der Waals surface area contributed by atoms with Crippen molar-refractivity contribution in [2.45, 2.75) is 50.5 Å². The molecule has 1 N–H and O–H groups in total. The Morgan fingerprint density at radius 2 is 1.78 bits per heavy atom. The van der Waals surface area contributed by atoms with E-state index in [1.54, 1.807) is 11.8 Å². The van der Waals surface area contributed by atoms with E-state index in [-0.39, 0.29) is 17.7 Å². The monoisotopic (exact) mass is 517 g/mol. The second-order valence-electron chi connectivity index (χ2n) is 9.29. The molecule has 0 aliphatic carbocycles. The molecule has 7 heteroatoms. The maximum Gasteiger partial charge on any atom is 0.253 e. The summed E-state index contributed by atoms with van der Waals surface area (Å²) in [5.74, 6) is 0.936. The molecule has 1 aromatic heterocycles. The molecule has 6 nitrogen and oxygen atoms in total. The zero-order valence-electron chi connectivity index (χ0n) is 21.8. The Labute approximate surface area is 223 Å². The van der Waals surface area contributed by atoms with Gasteiger partial charge in [0, 0.05) is 41.7 Å². The van der Waals surface area contributed by atoms with E-state index in [1.807, 2.05) is 73.5 Å². The largest absolute Gasteiger partial charge is 0.494 e. The number of benzene rings is 2. The smallest absolute Gasteiger partial charge is 0.253 e. The van der Waals surface area contributed by atoms with Gasteiger partial charge in [0.2, 0.25) is 5.91 Å². The van der Waals surface area contributed by atoms with Gasteiger partial charge in [0.15, 0.2) is 0 Å². The first kappa shape index (κ1) is 26.7. The lowest BCUT2D eigenvalue weighted by atomic mass is 9.89. The van der Waals surface area contributed by atoms with E-state index in [9.17, 15) is 9.59 Å². The van der Waals surface area contributed by atoms with Crippen molar-refractivity contribution in [2.24, 2.45) is 0 Å². The highest BCUT2D eigenvalue weighted by atomic mass is 32.2. The van der Waals surface area contributed by atoms with Crippen molar-refractivity contribution in [1.82, 2.24) is 15.2 Å². The van der Waals surface area contributed by atoms with Crippen molar-refractivity contribution in [3.8, 4) is 5.75 Å². The molecule has 0 bridgehead atoms. The van der Waals surface area contributed by atoms with Crippen LogP contribution in [0.25, 0.3) is 0 Å². The van der Waals surface area contributed by atoms with Crippen LogP contribution in [0, 0.1) is 6.92 Å². The number of ether oxygens (including phenoxy) is 1. The summed E-state index contributed by atoms with van der Waals surface area (Å²) in [6.45, 7) is 6.19. The first-order chi connectivity index (χ1) is 18.0. The Balaban J connectivity index is 1.39. The molecule has 3 aromatic rings. The molecule has 1 aliphatic heterocycles. The van der Waals surface area contributed by atoms with Crippen LogP contribution in [0.4, 0.5) is 0 Å². The average Bonchev–Trinajstić information content (AvgIpc) is 2.93. The quantitative estimate of drug-likeness (QED) is 0.386. The number of pyridine rings is 1. The van der Waals surface area contributed by atoms with Crippen LogP contribution in [0.2, 0.25) is 0 Å². The molecule has 2 aromatic carbocycles. The molecular weight excluding hydrogens is 482 g/mol. The van der Waals surface area contributed by atoms with E-state index >= 15 is 0 Å². The average molecular weight is 518 g/mol. The zero-order chi connectivity index (χ0) is 26.2. The third-order valence-corrected chi connectivity index (χ3v) is 7.51. The SMILES string of the molecule is CCOc1ccccc1CNC(=O)c1ccc(C)nc1C1CCN(C(=O)Cc2ccc(SC)cc2)CC1. The summed E-state index contributed by atoms with van der Waals surface area (Å²) in [6.07, 6.45) is 4.05. The molecule has 0 unspecified atom stereocenters. The number of carbonyl (C=O) groups is 2. The molecule has 4 rings (SSSR count). The molecule has 0 radical (unpaired) electrons. The summed E-state index contributed by atoms with van der Waals surface area (Å²) in [6, 6.07) is 19.7. The molecule has 0 saturated carbocycles. The lowest BCUT2D eigenvalue weighted by Gasteiger charge is -2.32. The predicted octanol–water partition coefficient (Wildman–Crippen LogP) is 5.39. The molecule has 1 fully saturated rings. The van der Waals surface area contributed by atoms with E-state index in [0.717, 1.165) is 41.1 Å². The number of nitrogens with zero attached hydrogens (tertiary/aromatic N) is 2. The van der Waals surface area contributed by atoms with Crippen molar-refractivity contribution in [1.29, 1.82) is 0 Å². The summed E-state index contributed by atoms with van der Waals surface area (Å²) in [5.41, 5.74) is 4.30. The van der Waals surface area contributed by atoms with E-state index in [0.29, 0.717) is 38.2 Å². The number of rotatable bonds is 9. The lowest BCUT2D eigenvalue weighted by Crippen LogP contribution is -2.39. The fraction of sp³-hybridized carbons (Fsp3) is 0.367. The Morgan fingerprint density at radius 1 is 1.05 bits per heavy atom. The van der Waals surface area contributed by atoms with E-state index < -0.39 is 0 Å². The summed E-state index contributed by atoms with van der Waals surface area (Å²) < 4.78 is 5.69. The number of piperidine rings is 1. The molecule has 0 spiro atoms. The van der Waals surface area contributed by atoms with Gasteiger partial charge in [0.05, 0.1) is 24.3 Å². The van der Waals surface area contributed by atoms with E-state index in [2.05, 4.69) is 17.4 Å². The summed E-state index contributed by atoms with van der Waals surface area (Å²) >= 11 is 1.70. The number of nitrogens with one attached hydrogen (secondary N) is 1. The third kappa shape index (κ3) is 6.92. The van der Waals surface area contributed by atoms with Crippen LogP contribution in [0.15, 0.2) is 65.6 Å². The van der Waals surface area contributed by atoms with Gasteiger partial charge >= 0.3 is 0 Å². The Hall–Kier alpha value is -3.32. The van der Waals surface area contributed by atoms with Crippen molar-refractivity contribution in [3.05, 3.63) is 88.7 Å². The summed E-state index contributed by atoms with van der Waals surface area (Å²) in [5, 5.41) is 3.05. The minimum atomic E-state index is -0.138. The maximum absolute atomic E-state index is 13.2. The van der Waals surface area contributed by atoms with Crippen molar-refractivity contribution in [3.63, 3.8) is 0 Å². The number of thioether (sulfide) groups is 1. The van der Waals surface area contributed by atoms with Gasteiger partial charge in [-0.3, -0.25) is 14.6 Å². The molecule has 37 heavy (non-hydrogen) atoms. The second kappa shape index (κ2) is 12.8. The molecule has 2 heterocycles. The van der Waals surface area contributed by atoms with Crippen LogP contribution < -0.4 is 10.1 Å². The highest BCUT2D eigenvalue weighted by Gasteiger charge is 2.28. The van der Waals surface area contributed by atoms with Gasteiger partial charge in [-0.2, -0.15) is 0 Å². The van der Waals surface area contributed by atoms with E-state index in [1.165, 1.54) is 4.90 Å². The Bertz CT molecular complexity index is 1220. The first-order valence-electron chi connectivity index (χ1n) is 12.9. The minimum absolute atomic E-state index is 0.138. The second-order valence-corrected chi connectivity index (χ2v) is 10.2. The fourth-order valence-corrected chi connectivity index (χ4v) is 5.14. The molecular formula is C30H35N3O3S. The normalized spacial score (nSPS) is 13.9. The van der Waals surface area contributed by atoms with Gasteiger partial charge in [0.25, 0.3) is 5.91 Å². The van der Waals surface area contributed by atoms with Crippen LogP contribution in [-0.2, 0) is 17.8 Å². The van der Waals surface area contributed by atoms with Crippen molar-refractivity contribution < 1.29 is 14.3 Å². The van der Waals surface area contributed by atoms with E-state index in [4.69, 9.17) is 9.72 Å². The van der Waals surface area contributed by atoms with Gasteiger partial charge in [-0.05, 0) is 68.8 Å². The number of aromatic nitrogens is 1. The van der Waals surface area contributed by atoms with Gasteiger partial charge in [0.1, 0.15) is 5.75 Å². The Morgan fingerprint density at radius 3 is 2.49 bits per heavy atom. The van der Waals surface area contributed by atoms with Gasteiger partial charge in [-0.15, -0.1) is 11.8 Å². The predicted molar refractivity (Wildman–Crippen MR) is 148 cm³/mol. The third-order valence-electron chi connectivity index (χ3n) is 6.77. The fourth-order valence-electron chi connectivity index (χ4n) is 4.73. The van der Waals surface area contributed by atoms with Crippen LogP contribution in [-0.4, -0.2) is 47.7 Å². The highest BCUT2D eigenvalue weighted by Crippen LogP contribution is 2.30. The van der Waals surface area contributed by atoms with Crippen LogP contribution in [0.5, 0.6) is 5.75 Å². The number of carbonyl (C=O) groups excluding carboxylic acids is 2. The number of hydrogen-bond acceptors (Lipinski definition) is 5. The van der Waals surface area contributed by atoms with Gasteiger partial charge < -0.3 is 15.0 Å². The van der Waals surface area contributed by atoms with Crippen molar-refractivity contribution in [2.75, 3.05) is 26.0 Å². The van der Waals surface area contributed by atoms with Crippen molar-refractivity contribution >= 4 is 23.6 Å². The Kier molecular flexibility index (Phi) is 9.23.